The molecule has 2 amide bonds. The summed E-state index contributed by atoms with van der Waals surface area (Å²) < 4.78 is 15.9. The molecule has 124 valence electrons. The van der Waals surface area contributed by atoms with Gasteiger partial charge in [0.05, 0.1) is 11.6 Å². The third kappa shape index (κ3) is 2.79. The molecular formula is C18H18FN3O2. The van der Waals surface area contributed by atoms with E-state index in [0.29, 0.717) is 12.6 Å². The molecule has 6 heteroatoms. The summed E-state index contributed by atoms with van der Waals surface area (Å²) in [6.45, 7) is 0.439. The van der Waals surface area contributed by atoms with Crippen molar-refractivity contribution in [2.75, 3.05) is 11.9 Å². The van der Waals surface area contributed by atoms with E-state index < -0.39 is 11.7 Å². The number of benzene rings is 1. The van der Waals surface area contributed by atoms with Crippen molar-refractivity contribution in [3.05, 3.63) is 48.5 Å². The molecule has 2 fully saturated rings. The zero-order valence-electron chi connectivity index (χ0n) is 13.1. The van der Waals surface area contributed by atoms with Crippen molar-refractivity contribution in [2.45, 2.75) is 25.3 Å². The predicted octanol–water partition coefficient (Wildman–Crippen LogP) is 2.57. The maximum Gasteiger partial charge on any atom is 0.229 e. The van der Waals surface area contributed by atoms with Crippen molar-refractivity contribution in [2.24, 2.45) is 5.92 Å². The summed E-state index contributed by atoms with van der Waals surface area (Å²) in [5.41, 5.74) is 0.905. The van der Waals surface area contributed by atoms with E-state index in [1.165, 1.54) is 6.07 Å². The minimum atomic E-state index is -0.484. The van der Waals surface area contributed by atoms with E-state index in [-0.39, 0.29) is 23.9 Å². The zero-order chi connectivity index (χ0) is 16.7. The Labute approximate surface area is 139 Å². The number of amides is 2. The Kier molecular flexibility index (Phi) is 3.59. The number of rotatable bonds is 4. The van der Waals surface area contributed by atoms with Crippen LogP contribution in [0.4, 0.5) is 10.1 Å². The molecule has 0 radical (unpaired) electrons. The lowest BCUT2D eigenvalue weighted by Crippen LogP contribution is -2.30. The Morgan fingerprint density at radius 2 is 1.96 bits per heavy atom. The first kappa shape index (κ1) is 14.9. The highest BCUT2D eigenvalue weighted by atomic mass is 19.1. The standard InChI is InChI=1S/C18H18FN3O2/c19-15-6-5-14(21-7-1-2-8-21)10-16(15)20-18(24)12-9-17(23)22(11-12)13-3-4-13/h1-2,5-8,10,12-13H,3-4,9,11H2,(H,20,24)/t12-/m0/s1. The van der Waals surface area contributed by atoms with Crippen LogP contribution in [0.5, 0.6) is 0 Å². The number of anilines is 1. The molecule has 0 bridgehead atoms. The molecule has 5 nitrogen and oxygen atoms in total. The van der Waals surface area contributed by atoms with Crippen molar-refractivity contribution in [1.29, 1.82) is 0 Å². The second kappa shape index (κ2) is 5.78. The summed E-state index contributed by atoms with van der Waals surface area (Å²) in [6, 6.07) is 8.64. The van der Waals surface area contributed by atoms with Gasteiger partial charge in [-0.3, -0.25) is 9.59 Å². The van der Waals surface area contributed by atoms with Crippen LogP contribution < -0.4 is 5.32 Å². The van der Waals surface area contributed by atoms with Gasteiger partial charge in [0.2, 0.25) is 11.8 Å². The smallest absolute Gasteiger partial charge is 0.229 e. The number of carbonyl (C=O) groups is 2. The van der Waals surface area contributed by atoms with Crippen molar-refractivity contribution in [3.63, 3.8) is 0 Å². The van der Waals surface area contributed by atoms with Crippen LogP contribution in [-0.4, -0.2) is 33.9 Å². The fourth-order valence-corrected chi connectivity index (χ4v) is 3.16. The quantitative estimate of drug-likeness (QED) is 0.938. The van der Waals surface area contributed by atoms with Crippen LogP contribution in [0.1, 0.15) is 19.3 Å². The summed E-state index contributed by atoms with van der Waals surface area (Å²) in [5, 5.41) is 2.65. The maximum absolute atomic E-state index is 14.0. The van der Waals surface area contributed by atoms with Gasteiger partial charge in [0.15, 0.2) is 0 Å². The second-order valence-corrected chi connectivity index (χ2v) is 6.42. The Balaban J connectivity index is 1.49. The minimum absolute atomic E-state index is 0.0270. The molecule has 1 saturated heterocycles. The number of halogens is 1. The van der Waals surface area contributed by atoms with Crippen LogP contribution in [0.15, 0.2) is 42.7 Å². The van der Waals surface area contributed by atoms with Gasteiger partial charge >= 0.3 is 0 Å². The average molecular weight is 327 g/mol. The Bertz CT molecular complexity index is 784. The number of nitrogens with zero attached hydrogens (tertiary/aromatic N) is 2. The van der Waals surface area contributed by atoms with E-state index in [1.807, 2.05) is 29.1 Å². The van der Waals surface area contributed by atoms with Gasteiger partial charge in [0, 0.05) is 37.1 Å². The summed E-state index contributed by atoms with van der Waals surface area (Å²) in [6.07, 6.45) is 5.95. The van der Waals surface area contributed by atoms with E-state index in [1.54, 1.807) is 17.0 Å². The Morgan fingerprint density at radius 1 is 1.21 bits per heavy atom. The van der Waals surface area contributed by atoms with Crippen LogP contribution in [0, 0.1) is 11.7 Å². The summed E-state index contributed by atoms with van der Waals surface area (Å²) in [4.78, 5) is 26.2. The van der Waals surface area contributed by atoms with E-state index in [0.717, 1.165) is 18.5 Å². The third-order valence-corrected chi connectivity index (χ3v) is 4.63. The topological polar surface area (TPSA) is 54.3 Å². The van der Waals surface area contributed by atoms with Crippen LogP contribution in [0.3, 0.4) is 0 Å². The number of hydrogen-bond donors (Lipinski definition) is 1. The molecule has 0 unspecified atom stereocenters. The van der Waals surface area contributed by atoms with Crippen molar-refractivity contribution in [1.82, 2.24) is 9.47 Å². The molecular weight excluding hydrogens is 309 g/mol. The molecule has 1 atom stereocenters. The fraction of sp³-hybridized carbons (Fsp3) is 0.333. The molecule has 2 aliphatic rings. The molecule has 24 heavy (non-hydrogen) atoms. The predicted molar refractivity (Wildman–Crippen MR) is 87.2 cm³/mol. The number of likely N-dealkylation sites (tertiary alicyclic amines) is 1. The number of nitrogens with one attached hydrogen (secondary N) is 1. The van der Waals surface area contributed by atoms with E-state index in [9.17, 15) is 14.0 Å². The summed E-state index contributed by atoms with van der Waals surface area (Å²) in [7, 11) is 0. The highest BCUT2D eigenvalue weighted by Crippen LogP contribution is 2.33. The number of carbonyl (C=O) groups excluding carboxylic acids is 2. The summed E-state index contributed by atoms with van der Waals surface area (Å²) in [5.74, 6) is -1.16. The van der Waals surface area contributed by atoms with Gasteiger partial charge in [-0.25, -0.2) is 4.39 Å². The Morgan fingerprint density at radius 3 is 2.67 bits per heavy atom. The molecule has 1 aromatic heterocycles. The van der Waals surface area contributed by atoms with Gasteiger partial charge in [0.1, 0.15) is 5.82 Å². The first-order chi connectivity index (χ1) is 11.6. The summed E-state index contributed by atoms with van der Waals surface area (Å²) >= 11 is 0. The van der Waals surface area contributed by atoms with Gasteiger partial charge in [-0.1, -0.05) is 0 Å². The molecule has 2 aromatic rings. The van der Waals surface area contributed by atoms with E-state index >= 15 is 0 Å². The monoisotopic (exact) mass is 327 g/mol. The van der Waals surface area contributed by atoms with Crippen molar-refractivity contribution in [3.8, 4) is 5.69 Å². The van der Waals surface area contributed by atoms with Crippen molar-refractivity contribution < 1.29 is 14.0 Å². The van der Waals surface area contributed by atoms with Crippen molar-refractivity contribution >= 4 is 17.5 Å². The molecule has 1 saturated carbocycles. The average Bonchev–Trinajstić information content (AvgIpc) is 3.10. The zero-order valence-corrected chi connectivity index (χ0v) is 13.1. The van der Waals surface area contributed by atoms with Gasteiger partial charge in [-0.15, -0.1) is 0 Å². The fourth-order valence-electron chi connectivity index (χ4n) is 3.16. The largest absolute Gasteiger partial charge is 0.339 e. The lowest BCUT2D eigenvalue weighted by atomic mass is 10.1. The Hall–Kier alpha value is -2.63. The lowest BCUT2D eigenvalue weighted by Gasteiger charge is -2.15. The SMILES string of the molecule is O=C(Nc1cc(-n2cccc2)ccc1F)[C@H]1CC(=O)N(C2CC2)C1. The first-order valence-electron chi connectivity index (χ1n) is 8.15. The maximum atomic E-state index is 14.0. The third-order valence-electron chi connectivity index (χ3n) is 4.63. The van der Waals surface area contributed by atoms with E-state index in [2.05, 4.69) is 5.32 Å². The molecule has 1 aliphatic carbocycles. The van der Waals surface area contributed by atoms with Crippen LogP contribution in [-0.2, 0) is 9.59 Å². The van der Waals surface area contributed by atoms with Gasteiger partial charge in [-0.2, -0.15) is 0 Å². The van der Waals surface area contributed by atoms with E-state index in [4.69, 9.17) is 0 Å². The second-order valence-electron chi connectivity index (χ2n) is 6.42. The molecule has 4 rings (SSSR count). The lowest BCUT2D eigenvalue weighted by molar-refractivity contribution is -0.128. The van der Waals surface area contributed by atoms with Gasteiger partial charge in [0.25, 0.3) is 0 Å². The van der Waals surface area contributed by atoms with Crippen LogP contribution >= 0.6 is 0 Å². The first-order valence-corrected chi connectivity index (χ1v) is 8.15. The van der Waals surface area contributed by atoms with Gasteiger partial charge in [-0.05, 0) is 43.2 Å². The molecule has 1 aliphatic heterocycles. The number of hydrogen-bond acceptors (Lipinski definition) is 2. The minimum Gasteiger partial charge on any atom is -0.339 e. The number of aromatic nitrogens is 1. The van der Waals surface area contributed by atoms with Crippen LogP contribution in [0.25, 0.3) is 5.69 Å². The molecule has 2 heterocycles. The van der Waals surface area contributed by atoms with Gasteiger partial charge < -0.3 is 14.8 Å². The highest BCUT2D eigenvalue weighted by Gasteiger charge is 2.41. The highest BCUT2D eigenvalue weighted by molar-refractivity contribution is 5.97. The molecule has 1 aromatic carbocycles. The normalized spacial score (nSPS) is 20.5. The molecule has 1 N–H and O–H groups in total. The molecule has 0 spiro atoms. The van der Waals surface area contributed by atoms with Crippen LogP contribution in [0.2, 0.25) is 0 Å².